The number of nitrogens with zero attached hydrogens (tertiary/aromatic N) is 1. The monoisotopic (exact) mass is 365 g/mol. The zero-order valence-electron chi connectivity index (χ0n) is 12.3. The summed E-state index contributed by atoms with van der Waals surface area (Å²) in [5.74, 6) is -0.654. The summed E-state index contributed by atoms with van der Waals surface area (Å²) < 4.78 is 63.7. The Morgan fingerprint density at radius 3 is 2.25 bits per heavy atom. The van der Waals surface area contributed by atoms with Gasteiger partial charge in [-0.3, -0.25) is 0 Å². The van der Waals surface area contributed by atoms with E-state index in [0.29, 0.717) is 37.0 Å². The van der Waals surface area contributed by atoms with Gasteiger partial charge in [0.2, 0.25) is 10.3 Å². The van der Waals surface area contributed by atoms with Crippen LogP contribution in [0.4, 0.5) is 13.2 Å². The van der Waals surface area contributed by atoms with E-state index in [1.54, 1.807) is 0 Å². The highest BCUT2D eigenvalue weighted by Crippen LogP contribution is 2.30. The van der Waals surface area contributed by atoms with Gasteiger partial charge in [0.1, 0.15) is 17.2 Å². The number of piperidine rings is 1. The number of ether oxygens (including phenoxy) is 1. The molecule has 10 heteroatoms. The van der Waals surface area contributed by atoms with Crippen molar-refractivity contribution in [3.05, 3.63) is 29.8 Å². The second-order valence-corrected chi connectivity index (χ2v) is 5.81. The molecule has 132 valence electrons. The molecule has 1 fully saturated rings. The summed E-state index contributed by atoms with van der Waals surface area (Å²) in [7, 11) is -2.62. The Hall–Kier alpha value is -2.07. The topological polar surface area (TPSA) is 72.9 Å². The minimum absolute atomic E-state index is 0.227. The maximum atomic E-state index is 12.5. The Morgan fingerprint density at radius 1 is 1.17 bits per heavy atom. The number of rotatable bonds is 4. The van der Waals surface area contributed by atoms with E-state index in [1.165, 1.54) is 17.2 Å². The summed E-state index contributed by atoms with van der Waals surface area (Å²) in [6.07, 6.45) is -3.66. The van der Waals surface area contributed by atoms with Gasteiger partial charge in [-0.2, -0.15) is 21.6 Å². The highest BCUT2D eigenvalue weighted by molar-refractivity contribution is 7.73. The fourth-order valence-electron chi connectivity index (χ4n) is 2.18. The number of hydrogen-bond donors (Lipinski definition) is 0. The summed E-state index contributed by atoms with van der Waals surface area (Å²) in [6, 6.07) is 4.41. The molecule has 0 bridgehead atoms. The second-order valence-electron chi connectivity index (χ2n) is 5.06. The number of benzene rings is 1. The molecular weight excluding hydrogens is 351 g/mol. The van der Waals surface area contributed by atoms with Gasteiger partial charge in [0, 0.05) is 25.9 Å². The van der Waals surface area contributed by atoms with Crippen LogP contribution in [0.25, 0.3) is 0 Å². The van der Waals surface area contributed by atoms with Crippen molar-refractivity contribution in [1.82, 2.24) is 5.06 Å². The average Bonchev–Trinajstić information content (AvgIpc) is 2.48. The van der Waals surface area contributed by atoms with Crippen LogP contribution < -0.4 is 4.74 Å². The Labute approximate surface area is 137 Å². The van der Waals surface area contributed by atoms with E-state index in [1.807, 2.05) is 0 Å². The molecule has 0 aromatic heterocycles. The van der Waals surface area contributed by atoms with E-state index < -0.39 is 28.0 Å². The third-order valence-electron chi connectivity index (χ3n) is 3.30. The summed E-state index contributed by atoms with van der Waals surface area (Å²) in [5, 5.41) is 1.74. The van der Waals surface area contributed by atoms with Gasteiger partial charge in [0.05, 0.1) is 5.56 Å². The molecular formula is C14H14F3NO5S. The summed E-state index contributed by atoms with van der Waals surface area (Å²) in [5.41, 5.74) is -0.747. The Morgan fingerprint density at radius 2 is 1.75 bits per heavy atom. The van der Waals surface area contributed by atoms with Gasteiger partial charge < -0.3 is 9.57 Å². The molecule has 2 rings (SSSR count). The predicted molar refractivity (Wildman–Crippen MR) is 77.7 cm³/mol. The highest BCUT2D eigenvalue weighted by atomic mass is 32.2. The summed E-state index contributed by atoms with van der Waals surface area (Å²) >= 11 is 0. The molecule has 0 atom stereocenters. The van der Waals surface area contributed by atoms with E-state index in [2.05, 4.69) is 0 Å². The molecule has 1 aromatic rings. The Bertz CT molecular complexity index is 699. The van der Waals surface area contributed by atoms with Crippen molar-refractivity contribution in [1.29, 1.82) is 0 Å². The maximum absolute atomic E-state index is 12.5. The molecule has 1 saturated heterocycles. The molecule has 0 spiro atoms. The van der Waals surface area contributed by atoms with Crippen LogP contribution in [0.3, 0.4) is 0 Å². The van der Waals surface area contributed by atoms with E-state index in [9.17, 15) is 26.4 Å². The lowest BCUT2D eigenvalue weighted by molar-refractivity contribution is -0.188. The molecule has 0 N–H and O–H groups in total. The first kappa shape index (κ1) is 18.3. The SMILES string of the molecule is O=C(C=S(=O)=O)ON1CCC(Oc2ccc(C(F)(F)F)cc2)CC1. The van der Waals surface area contributed by atoms with Gasteiger partial charge in [-0.05, 0) is 24.3 Å². The van der Waals surface area contributed by atoms with E-state index in [-0.39, 0.29) is 6.10 Å². The van der Waals surface area contributed by atoms with Crippen LogP contribution in [-0.4, -0.2) is 44.0 Å². The van der Waals surface area contributed by atoms with Crippen LogP contribution in [-0.2, 0) is 26.1 Å². The highest BCUT2D eigenvalue weighted by Gasteiger charge is 2.30. The zero-order valence-corrected chi connectivity index (χ0v) is 13.1. The smallest absolute Gasteiger partial charge is 0.416 e. The quantitative estimate of drug-likeness (QED) is 0.756. The van der Waals surface area contributed by atoms with Gasteiger partial charge in [0.25, 0.3) is 0 Å². The molecule has 0 saturated carbocycles. The van der Waals surface area contributed by atoms with Crippen molar-refractivity contribution in [3.63, 3.8) is 0 Å². The van der Waals surface area contributed by atoms with Crippen molar-refractivity contribution in [2.45, 2.75) is 25.1 Å². The molecule has 0 amide bonds. The third-order valence-corrected chi connectivity index (χ3v) is 3.68. The second kappa shape index (κ2) is 7.67. The summed E-state index contributed by atoms with van der Waals surface area (Å²) in [4.78, 5) is 16.0. The zero-order chi connectivity index (χ0) is 17.7. The fraction of sp³-hybridized carbons (Fsp3) is 0.429. The Balaban J connectivity index is 1.83. The molecule has 1 aromatic carbocycles. The van der Waals surface area contributed by atoms with E-state index in [0.717, 1.165) is 12.1 Å². The Kier molecular flexibility index (Phi) is 5.84. The number of carbonyl (C=O) groups is 1. The van der Waals surface area contributed by atoms with Crippen molar-refractivity contribution in [2.75, 3.05) is 13.1 Å². The van der Waals surface area contributed by atoms with Crippen molar-refractivity contribution in [2.24, 2.45) is 0 Å². The third kappa shape index (κ3) is 5.53. The van der Waals surface area contributed by atoms with Crippen LogP contribution in [0.15, 0.2) is 24.3 Å². The van der Waals surface area contributed by atoms with Crippen molar-refractivity contribution < 1.29 is 36.0 Å². The average molecular weight is 365 g/mol. The number of carbonyl (C=O) groups excluding carboxylic acids is 1. The fourth-order valence-corrected chi connectivity index (χ4v) is 2.38. The standard InChI is InChI=1S/C14H14F3NO5S/c15-14(16,17)10-1-3-11(4-2-10)22-12-5-7-18(8-6-12)23-13(19)9-24(20)21/h1-4,9,12H,5-8H2. The van der Waals surface area contributed by atoms with Crippen LogP contribution in [0, 0.1) is 0 Å². The lowest BCUT2D eigenvalue weighted by atomic mass is 10.1. The van der Waals surface area contributed by atoms with Gasteiger partial charge >= 0.3 is 12.1 Å². The van der Waals surface area contributed by atoms with Crippen LogP contribution in [0.1, 0.15) is 18.4 Å². The molecule has 1 aliphatic heterocycles. The van der Waals surface area contributed by atoms with Gasteiger partial charge in [-0.1, -0.05) is 0 Å². The van der Waals surface area contributed by atoms with Crippen molar-refractivity contribution in [3.8, 4) is 5.75 Å². The van der Waals surface area contributed by atoms with Gasteiger partial charge in [-0.15, -0.1) is 5.06 Å². The lowest BCUT2D eigenvalue weighted by Crippen LogP contribution is -2.39. The van der Waals surface area contributed by atoms with Gasteiger partial charge in [-0.25, -0.2) is 4.79 Å². The van der Waals surface area contributed by atoms with Crippen molar-refractivity contribution >= 4 is 21.6 Å². The number of halogens is 3. The first-order valence-electron chi connectivity index (χ1n) is 6.98. The van der Waals surface area contributed by atoms with Crippen LogP contribution >= 0.6 is 0 Å². The lowest BCUT2D eigenvalue weighted by Gasteiger charge is -2.30. The number of alkyl halides is 3. The molecule has 1 heterocycles. The van der Waals surface area contributed by atoms with Gasteiger partial charge in [0.15, 0.2) is 0 Å². The maximum Gasteiger partial charge on any atom is 0.416 e. The number of hydroxylamine groups is 2. The predicted octanol–water partition coefficient (Wildman–Crippen LogP) is 1.69. The normalized spacial score (nSPS) is 16.5. The summed E-state index contributed by atoms with van der Waals surface area (Å²) in [6.45, 7) is 0.659. The molecule has 0 aliphatic carbocycles. The number of hydrogen-bond acceptors (Lipinski definition) is 6. The molecule has 0 unspecified atom stereocenters. The first-order chi connectivity index (χ1) is 11.2. The molecule has 6 nitrogen and oxygen atoms in total. The van der Waals surface area contributed by atoms with Crippen LogP contribution in [0.2, 0.25) is 0 Å². The van der Waals surface area contributed by atoms with Crippen LogP contribution in [0.5, 0.6) is 5.75 Å². The first-order valence-corrected chi connectivity index (χ1v) is 8.11. The largest absolute Gasteiger partial charge is 0.490 e. The minimum Gasteiger partial charge on any atom is -0.490 e. The van der Waals surface area contributed by atoms with E-state index >= 15 is 0 Å². The minimum atomic E-state index is -4.39. The molecule has 0 radical (unpaired) electrons. The van der Waals surface area contributed by atoms with E-state index in [4.69, 9.17) is 9.57 Å². The molecule has 24 heavy (non-hydrogen) atoms. The molecule has 1 aliphatic rings.